The van der Waals surface area contributed by atoms with Crippen LogP contribution >= 0.6 is 0 Å². The highest BCUT2D eigenvalue weighted by Gasteiger charge is 2.09. The summed E-state index contributed by atoms with van der Waals surface area (Å²) >= 11 is 0. The van der Waals surface area contributed by atoms with Crippen LogP contribution in [0.4, 0.5) is 11.5 Å². The highest BCUT2D eigenvalue weighted by atomic mass is 16.5. The van der Waals surface area contributed by atoms with Gasteiger partial charge in [-0.25, -0.2) is 9.97 Å². The number of amides is 1. The molecule has 0 fully saturated rings. The van der Waals surface area contributed by atoms with Gasteiger partial charge in [0.15, 0.2) is 0 Å². The zero-order chi connectivity index (χ0) is 20.5. The second-order valence-corrected chi connectivity index (χ2v) is 6.23. The molecule has 150 valence electrons. The van der Waals surface area contributed by atoms with Crippen molar-refractivity contribution < 1.29 is 14.3 Å². The predicted molar refractivity (Wildman–Crippen MR) is 113 cm³/mol. The van der Waals surface area contributed by atoms with Gasteiger partial charge in [0.25, 0.3) is 5.91 Å². The van der Waals surface area contributed by atoms with Crippen LogP contribution in [0, 0.1) is 0 Å². The van der Waals surface area contributed by atoms with E-state index in [1.807, 2.05) is 43.3 Å². The van der Waals surface area contributed by atoms with Gasteiger partial charge in [-0.3, -0.25) is 4.79 Å². The number of hydrogen-bond acceptors (Lipinski definition) is 6. The molecule has 0 bridgehead atoms. The number of benzene rings is 2. The molecular formula is C22H24N4O3. The number of aromatic nitrogens is 2. The molecule has 0 aliphatic heterocycles. The first-order valence-electron chi connectivity index (χ1n) is 9.41. The number of rotatable bonds is 9. The van der Waals surface area contributed by atoms with E-state index in [1.54, 1.807) is 25.3 Å². The fourth-order valence-corrected chi connectivity index (χ4v) is 2.74. The van der Waals surface area contributed by atoms with Gasteiger partial charge in [-0.1, -0.05) is 12.1 Å². The number of carbonyl (C=O) groups excluding carboxylic acids is 1. The summed E-state index contributed by atoms with van der Waals surface area (Å²) in [7, 11) is 1.65. The summed E-state index contributed by atoms with van der Waals surface area (Å²) in [6.45, 7) is 3.19. The first-order chi connectivity index (χ1) is 14.2. The highest BCUT2D eigenvalue weighted by Crippen LogP contribution is 2.17. The lowest BCUT2D eigenvalue weighted by Crippen LogP contribution is -2.15. The first kappa shape index (κ1) is 20.1. The third-order valence-electron chi connectivity index (χ3n) is 4.18. The molecule has 0 atom stereocenters. The van der Waals surface area contributed by atoms with E-state index in [2.05, 4.69) is 20.6 Å². The number of carbonyl (C=O) groups is 1. The van der Waals surface area contributed by atoms with Crippen molar-refractivity contribution in [1.29, 1.82) is 0 Å². The van der Waals surface area contributed by atoms with Gasteiger partial charge < -0.3 is 20.1 Å². The van der Waals surface area contributed by atoms with Gasteiger partial charge in [0.05, 0.1) is 13.7 Å². The fourth-order valence-electron chi connectivity index (χ4n) is 2.74. The molecule has 0 radical (unpaired) electrons. The standard InChI is InChI=1S/C22H24N4O3/c1-3-29-18-9-7-17(8-10-18)26-22(27)20-14-21(25-15-24-20)23-12-11-16-5-4-6-19(13-16)28-2/h4-10,13-15H,3,11-12H2,1-2H3,(H,26,27)(H,23,24,25). The van der Waals surface area contributed by atoms with Crippen LogP contribution in [0.25, 0.3) is 0 Å². The minimum Gasteiger partial charge on any atom is -0.497 e. The molecule has 0 saturated heterocycles. The van der Waals surface area contributed by atoms with Crippen LogP contribution < -0.4 is 20.1 Å². The van der Waals surface area contributed by atoms with Crippen molar-refractivity contribution in [3.05, 3.63) is 72.2 Å². The first-order valence-corrected chi connectivity index (χ1v) is 9.41. The van der Waals surface area contributed by atoms with Crippen molar-refractivity contribution in [3.63, 3.8) is 0 Å². The largest absolute Gasteiger partial charge is 0.497 e. The Hall–Kier alpha value is -3.61. The maximum atomic E-state index is 12.5. The molecule has 3 aromatic rings. The Bertz CT molecular complexity index is 945. The molecule has 2 aromatic carbocycles. The van der Waals surface area contributed by atoms with Crippen molar-refractivity contribution in [1.82, 2.24) is 9.97 Å². The lowest BCUT2D eigenvalue weighted by molar-refractivity contribution is 0.102. The molecule has 29 heavy (non-hydrogen) atoms. The lowest BCUT2D eigenvalue weighted by Gasteiger charge is -2.09. The highest BCUT2D eigenvalue weighted by molar-refractivity contribution is 6.03. The molecule has 0 aliphatic carbocycles. The Morgan fingerprint density at radius 3 is 2.62 bits per heavy atom. The molecule has 3 rings (SSSR count). The van der Waals surface area contributed by atoms with Gasteiger partial charge in [-0.2, -0.15) is 0 Å². The van der Waals surface area contributed by atoms with Crippen molar-refractivity contribution in [3.8, 4) is 11.5 Å². The van der Waals surface area contributed by atoms with E-state index in [0.29, 0.717) is 24.7 Å². The van der Waals surface area contributed by atoms with Crippen LogP contribution in [0.15, 0.2) is 60.9 Å². The van der Waals surface area contributed by atoms with Crippen LogP contribution in [-0.2, 0) is 6.42 Å². The summed E-state index contributed by atoms with van der Waals surface area (Å²) in [6.07, 6.45) is 2.18. The van der Waals surface area contributed by atoms with E-state index in [9.17, 15) is 4.79 Å². The quantitative estimate of drug-likeness (QED) is 0.576. The number of anilines is 2. The summed E-state index contributed by atoms with van der Waals surface area (Å²) < 4.78 is 10.6. The van der Waals surface area contributed by atoms with Crippen LogP contribution in [0.3, 0.4) is 0 Å². The molecule has 7 heteroatoms. The summed E-state index contributed by atoms with van der Waals surface area (Å²) in [5.74, 6) is 1.89. The number of nitrogens with one attached hydrogen (secondary N) is 2. The molecule has 0 unspecified atom stereocenters. The Balaban J connectivity index is 1.56. The average Bonchev–Trinajstić information content (AvgIpc) is 2.76. The van der Waals surface area contributed by atoms with E-state index in [1.165, 1.54) is 6.33 Å². The second-order valence-electron chi connectivity index (χ2n) is 6.23. The second kappa shape index (κ2) is 10.1. The molecular weight excluding hydrogens is 368 g/mol. The van der Waals surface area contributed by atoms with Crippen LogP contribution in [0.5, 0.6) is 11.5 Å². The van der Waals surface area contributed by atoms with Gasteiger partial charge in [-0.05, 0) is 55.3 Å². The minimum atomic E-state index is -0.299. The number of nitrogens with zero attached hydrogens (tertiary/aromatic N) is 2. The SMILES string of the molecule is CCOc1ccc(NC(=O)c2cc(NCCc3cccc(OC)c3)ncn2)cc1. The Labute approximate surface area is 170 Å². The topological polar surface area (TPSA) is 85.4 Å². The van der Waals surface area contributed by atoms with Crippen LogP contribution in [-0.4, -0.2) is 36.1 Å². The molecule has 1 heterocycles. The zero-order valence-electron chi connectivity index (χ0n) is 16.5. The van der Waals surface area contributed by atoms with Crippen molar-refractivity contribution >= 4 is 17.4 Å². The van der Waals surface area contributed by atoms with Gasteiger partial charge in [0.2, 0.25) is 0 Å². The summed E-state index contributed by atoms with van der Waals surface area (Å²) in [5, 5.41) is 6.05. The third kappa shape index (κ3) is 5.93. The Morgan fingerprint density at radius 2 is 1.86 bits per heavy atom. The fraction of sp³-hybridized carbons (Fsp3) is 0.227. The van der Waals surface area contributed by atoms with E-state index in [4.69, 9.17) is 9.47 Å². The van der Waals surface area contributed by atoms with Crippen LogP contribution in [0.1, 0.15) is 23.0 Å². The predicted octanol–water partition coefficient (Wildman–Crippen LogP) is 3.79. The molecule has 2 N–H and O–H groups in total. The van der Waals surface area contributed by atoms with E-state index in [0.717, 1.165) is 23.5 Å². The summed E-state index contributed by atoms with van der Waals surface area (Å²) in [5.41, 5.74) is 2.11. The summed E-state index contributed by atoms with van der Waals surface area (Å²) in [4.78, 5) is 20.7. The lowest BCUT2D eigenvalue weighted by atomic mass is 10.1. The van der Waals surface area contributed by atoms with Crippen molar-refractivity contribution in [2.24, 2.45) is 0 Å². The molecule has 0 spiro atoms. The average molecular weight is 392 g/mol. The van der Waals surface area contributed by atoms with Gasteiger partial charge in [0.1, 0.15) is 29.3 Å². The molecule has 0 saturated carbocycles. The monoisotopic (exact) mass is 392 g/mol. The third-order valence-corrected chi connectivity index (χ3v) is 4.18. The van der Waals surface area contributed by atoms with Gasteiger partial charge >= 0.3 is 0 Å². The van der Waals surface area contributed by atoms with Crippen LogP contribution in [0.2, 0.25) is 0 Å². The number of ether oxygens (including phenoxy) is 2. The van der Waals surface area contributed by atoms with Crippen molar-refractivity contribution in [2.75, 3.05) is 30.9 Å². The van der Waals surface area contributed by atoms with Gasteiger partial charge in [0, 0.05) is 18.3 Å². The van der Waals surface area contributed by atoms with E-state index >= 15 is 0 Å². The zero-order valence-corrected chi connectivity index (χ0v) is 16.5. The molecule has 1 amide bonds. The number of hydrogen-bond donors (Lipinski definition) is 2. The maximum Gasteiger partial charge on any atom is 0.274 e. The van der Waals surface area contributed by atoms with Gasteiger partial charge in [-0.15, -0.1) is 0 Å². The summed E-state index contributed by atoms with van der Waals surface area (Å²) in [6, 6.07) is 16.7. The Kier molecular flexibility index (Phi) is 7.00. The van der Waals surface area contributed by atoms with E-state index in [-0.39, 0.29) is 11.6 Å². The Morgan fingerprint density at radius 1 is 1.03 bits per heavy atom. The van der Waals surface area contributed by atoms with Crippen molar-refractivity contribution in [2.45, 2.75) is 13.3 Å². The molecule has 0 aliphatic rings. The normalized spacial score (nSPS) is 10.3. The molecule has 7 nitrogen and oxygen atoms in total. The smallest absolute Gasteiger partial charge is 0.274 e. The molecule has 1 aromatic heterocycles. The number of methoxy groups -OCH3 is 1. The maximum absolute atomic E-state index is 12.5. The minimum absolute atomic E-state index is 0.290. The van der Waals surface area contributed by atoms with E-state index < -0.39 is 0 Å².